The fraction of sp³-hybridized carbons (Fsp3) is 0.152. The van der Waals surface area contributed by atoms with E-state index in [1.165, 1.54) is 26.2 Å². The summed E-state index contributed by atoms with van der Waals surface area (Å²) in [4.78, 5) is 28.6. The molecule has 1 atom stereocenters. The van der Waals surface area contributed by atoms with Gasteiger partial charge in [0.15, 0.2) is 0 Å². The Morgan fingerprint density at radius 3 is 2.09 bits per heavy atom. The Hall–Kier alpha value is -5.11. The maximum Gasteiger partial charge on any atom is 0.272 e. The standard InChI is InChI=1S/C33H29N5O4S/c1-22-29(32(39)38(33(40)30(22)20-34)23(2)24-11-7-5-8-12-24)19-26-21-37(27-13-9-6-10-14-27)35-31(26)25-15-17-28(18-16-25)43(41,42)36(3)4/h5-19,21,23H,1-4H3/b29-19+. The van der Waals surface area contributed by atoms with Gasteiger partial charge in [0.2, 0.25) is 10.0 Å². The van der Waals surface area contributed by atoms with Gasteiger partial charge in [0.1, 0.15) is 11.6 Å². The number of carbonyl (C=O) groups is 2. The number of sulfonamides is 1. The fourth-order valence-electron chi connectivity index (χ4n) is 4.91. The molecule has 0 radical (unpaired) electrons. The number of hydrogen-bond donors (Lipinski definition) is 0. The Morgan fingerprint density at radius 1 is 0.907 bits per heavy atom. The Bertz CT molecular complexity index is 1920. The van der Waals surface area contributed by atoms with Gasteiger partial charge in [-0.3, -0.25) is 14.5 Å². The summed E-state index contributed by atoms with van der Waals surface area (Å²) in [7, 11) is -0.703. The maximum atomic E-state index is 14.0. The van der Waals surface area contributed by atoms with Crippen LogP contribution in [-0.4, -0.2) is 53.3 Å². The van der Waals surface area contributed by atoms with E-state index in [0.717, 1.165) is 20.5 Å². The molecule has 0 saturated heterocycles. The molecule has 2 amide bonds. The Balaban J connectivity index is 1.67. The molecule has 1 aliphatic heterocycles. The average molecular weight is 592 g/mol. The lowest BCUT2D eigenvalue weighted by molar-refractivity contribution is -0.143. The third-order valence-electron chi connectivity index (χ3n) is 7.41. The number of benzene rings is 3. The molecule has 5 rings (SSSR count). The summed E-state index contributed by atoms with van der Waals surface area (Å²) in [5, 5.41) is 14.7. The summed E-state index contributed by atoms with van der Waals surface area (Å²) in [5.74, 6) is -1.17. The summed E-state index contributed by atoms with van der Waals surface area (Å²) in [6.07, 6.45) is 3.40. The van der Waals surface area contributed by atoms with Gasteiger partial charge in [-0.2, -0.15) is 10.4 Å². The molecule has 0 aliphatic carbocycles. The van der Waals surface area contributed by atoms with Crippen molar-refractivity contribution in [2.45, 2.75) is 24.8 Å². The summed E-state index contributed by atoms with van der Waals surface area (Å²) >= 11 is 0. The molecule has 4 aromatic rings. The second-order valence-corrected chi connectivity index (χ2v) is 12.4. The van der Waals surface area contributed by atoms with Gasteiger partial charge in [-0.15, -0.1) is 0 Å². The van der Waals surface area contributed by atoms with Crippen molar-refractivity contribution in [1.82, 2.24) is 19.0 Å². The molecule has 43 heavy (non-hydrogen) atoms. The van der Waals surface area contributed by atoms with Crippen molar-refractivity contribution in [2.75, 3.05) is 14.1 Å². The molecule has 0 saturated carbocycles. The minimum atomic E-state index is -3.64. The number of hydrogen-bond acceptors (Lipinski definition) is 6. The van der Waals surface area contributed by atoms with Gasteiger partial charge < -0.3 is 0 Å². The van der Waals surface area contributed by atoms with E-state index in [1.54, 1.807) is 42.9 Å². The van der Waals surface area contributed by atoms with Crippen molar-refractivity contribution in [2.24, 2.45) is 0 Å². The predicted molar refractivity (Wildman–Crippen MR) is 163 cm³/mol. The fourth-order valence-corrected chi connectivity index (χ4v) is 5.81. The van der Waals surface area contributed by atoms with E-state index in [1.807, 2.05) is 66.7 Å². The number of carbonyl (C=O) groups excluding carboxylic acids is 2. The Labute approximate surface area is 250 Å². The molecular weight excluding hydrogens is 562 g/mol. The topological polar surface area (TPSA) is 116 Å². The predicted octanol–water partition coefficient (Wildman–Crippen LogP) is 5.14. The van der Waals surface area contributed by atoms with Crippen LogP contribution in [0.5, 0.6) is 0 Å². The summed E-state index contributed by atoms with van der Waals surface area (Å²) in [6.45, 7) is 3.34. The van der Waals surface area contributed by atoms with Crippen molar-refractivity contribution in [3.8, 4) is 23.0 Å². The van der Waals surface area contributed by atoms with Crippen LogP contribution < -0.4 is 0 Å². The van der Waals surface area contributed by atoms with Crippen LogP contribution in [0.3, 0.4) is 0 Å². The first-order chi connectivity index (χ1) is 20.5. The van der Waals surface area contributed by atoms with Gasteiger partial charge >= 0.3 is 0 Å². The number of imide groups is 1. The largest absolute Gasteiger partial charge is 0.272 e. The Kier molecular flexibility index (Phi) is 7.96. The molecule has 3 aromatic carbocycles. The van der Waals surface area contributed by atoms with Gasteiger partial charge in [-0.05, 0) is 55.3 Å². The average Bonchev–Trinajstić information content (AvgIpc) is 3.44. The number of aromatic nitrogens is 2. The summed E-state index contributed by atoms with van der Waals surface area (Å²) in [5.41, 5.74) is 3.55. The van der Waals surface area contributed by atoms with Crippen molar-refractivity contribution < 1.29 is 18.0 Å². The Morgan fingerprint density at radius 2 is 1.51 bits per heavy atom. The van der Waals surface area contributed by atoms with Crippen LogP contribution in [0.15, 0.2) is 113 Å². The van der Waals surface area contributed by atoms with Crippen molar-refractivity contribution in [1.29, 1.82) is 5.26 Å². The summed E-state index contributed by atoms with van der Waals surface area (Å²) < 4.78 is 28.1. The van der Waals surface area contributed by atoms with E-state index >= 15 is 0 Å². The van der Waals surface area contributed by atoms with Crippen LogP contribution in [0.2, 0.25) is 0 Å². The molecule has 1 unspecified atom stereocenters. The highest BCUT2D eigenvalue weighted by Crippen LogP contribution is 2.35. The number of nitriles is 1. The van der Waals surface area contributed by atoms with E-state index in [2.05, 4.69) is 0 Å². The normalized spacial score (nSPS) is 15.7. The van der Waals surface area contributed by atoms with E-state index in [9.17, 15) is 23.3 Å². The molecule has 0 fully saturated rings. The molecule has 0 bridgehead atoms. The van der Waals surface area contributed by atoms with E-state index in [-0.39, 0.29) is 21.6 Å². The molecule has 9 nitrogen and oxygen atoms in total. The highest BCUT2D eigenvalue weighted by Gasteiger charge is 2.39. The van der Waals surface area contributed by atoms with Crippen molar-refractivity contribution >= 4 is 27.9 Å². The molecular formula is C33H29N5O4S. The molecule has 216 valence electrons. The number of nitrogens with zero attached hydrogens (tertiary/aromatic N) is 5. The molecule has 2 heterocycles. The zero-order valence-electron chi connectivity index (χ0n) is 24.1. The second-order valence-electron chi connectivity index (χ2n) is 10.3. The summed E-state index contributed by atoms with van der Waals surface area (Å²) in [6, 6.07) is 26.3. The minimum absolute atomic E-state index is 0.108. The maximum absolute atomic E-state index is 14.0. The van der Waals surface area contributed by atoms with Crippen LogP contribution >= 0.6 is 0 Å². The van der Waals surface area contributed by atoms with E-state index in [4.69, 9.17) is 5.10 Å². The van der Waals surface area contributed by atoms with Crippen molar-refractivity contribution in [3.63, 3.8) is 0 Å². The zero-order chi connectivity index (χ0) is 30.9. The first kappa shape index (κ1) is 29.4. The van der Waals surface area contributed by atoms with Crippen LogP contribution in [-0.2, 0) is 19.6 Å². The third kappa shape index (κ3) is 5.44. The number of para-hydroxylation sites is 1. The molecule has 0 N–H and O–H groups in total. The SMILES string of the molecule is CC1=C(C#N)C(=O)N(C(C)c2ccccc2)C(=O)/C1=C/c1cn(-c2ccccc2)nc1-c1ccc(S(=O)(=O)N(C)C)cc1. The van der Waals surface area contributed by atoms with Gasteiger partial charge in [-0.1, -0.05) is 60.7 Å². The molecule has 10 heteroatoms. The number of rotatable bonds is 7. The van der Waals surface area contributed by atoms with Crippen LogP contribution in [0.25, 0.3) is 23.0 Å². The van der Waals surface area contributed by atoms with Crippen molar-refractivity contribution in [3.05, 3.63) is 119 Å². The lowest BCUT2D eigenvalue weighted by Crippen LogP contribution is -2.44. The molecule has 1 aromatic heterocycles. The van der Waals surface area contributed by atoms with Gasteiger partial charge in [-0.25, -0.2) is 17.4 Å². The monoisotopic (exact) mass is 591 g/mol. The first-order valence-electron chi connectivity index (χ1n) is 13.5. The highest BCUT2D eigenvalue weighted by molar-refractivity contribution is 7.89. The lowest BCUT2D eigenvalue weighted by atomic mass is 9.91. The lowest BCUT2D eigenvalue weighted by Gasteiger charge is -2.32. The van der Waals surface area contributed by atoms with Crippen LogP contribution in [0.1, 0.15) is 31.0 Å². The van der Waals surface area contributed by atoms with E-state index < -0.39 is 27.9 Å². The first-order valence-corrected chi connectivity index (χ1v) is 14.9. The second kappa shape index (κ2) is 11.6. The highest BCUT2D eigenvalue weighted by atomic mass is 32.2. The molecule has 1 aliphatic rings. The quantitative estimate of drug-likeness (QED) is 0.217. The smallest absolute Gasteiger partial charge is 0.269 e. The zero-order valence-corrected chi connectivity index (χ0v) is 24.9. The van der Waals surface area contributed by atoms with Crippen LogP contribution in [0, 0.1) is 11.3 Å². The van der Waals surface area contributed by atoms with Gasteiger partial charge in [0.25, 0.3) is 11.8 Å². The van der Waals surface area contributed by atoms with E-state index in [0.29, 0.717) is 16.8 Å². The number of amides is 2. The van der Waals surface area contributed by atoms with Gasteiger partial charge in [0, 0.05) is 37.0 Å². The molecule has 0 spiro atoms. The van der Waals surface area contributed by atoms with Gasteiger partial charge in [0.05, 0.1) is 22.3 Å². The minimum Gasteiger partial charge on any atom is -0.269 e. The van der Waals surface area contributed by atoms with Crippen LogP contribution in [0.4, 0.5) is 0 Å². The third-order valence-corrected chi connectivity index (χ3v) is 9.24.